The Morgan fingerprint density at radius 2 is 2.33 bits per heavy atom. The third-order valence-electron chi connectivity index (χ3n) is 2.96. The topological polar surface area (TPSA) is 47.1 Å². The number of hydrogen-bond donors (Lipinski definition) is 1. The second-order valence-electron chi connectivity index (χ2n) is 4.26. The maximum absolute atomic E-state index is 6.17. The first-order chi connectivity index (χ1) is 7.08. The minimum atomic E-state index is 0.320. The smallest absolute Gasteiger partial charge is 0.131 e. The summed E-state index contributed by atoms with van der Waals surface area (Å²) >= 11 is 6.17. The van der Waals surface area contributed by atoms with Crippen LogP contribution in [-0.4, -0.2) is 33.8 Å². The first-order valence-electron chi connectivity index (χ1n) is 5.24. The van der Waals surface area contributed by atoms with E-state index in [0.29, 0.717) is 6.04 Å². The van der Waals surface area contributed by atoms with Crippen molar-refractivity contribution in [1.29, 1.82) is 0 Å². The van der Waals surface area contributed by atoms with Gasteiger partial charge < -0.3 is 5.73 Å². The van der Waals surface area contributed by atoms with Crippen LogP contribution in [0.1, 0.15) is 17.7 Å². The second kappa shape index (κ2) is 4.12. The van der Waals surface area contributed by atoms with Crippen molar-refractivity contribution in [1.82, 2.24) is 14.7 Å². The van der Waals surface area contributed by atoms with E-state index in [9.17, 15) is 0 Å². The fourth-order valence-electron chi connectivity index (χ4n) is 2.08. The zero-order valence-corrected chi connectivity index (χ0v) is 9.96. The number of aromatic nitrogens is 2. The van der Waals surface area contributed by atoms with Gasteiger partial charge in [0.05, 0.1) is 5.69 Å². The van der Waals surface area contributed by atoms with Gasteiger partial charge in [0, 0.05) is 38.3 Å². The van der Waals surface area contributed by atoms with Crippen LogP contribution in [0.2, 0.25) is 5.15 Å². The highest BCUT2D eigenvalue weighted by Crippen LogP contribution is 2.22. The summed E-state index contributed by atoms with van der Waals surface area (Å²) in [6.45, 7) is 4.89. The number of halogens is 1. The summed E-state index contributed by atoms with van der Waals surface area (Å²) in [5.41, 5.74) is 8.01. The van der Waals surface area contributed by atoms with Crippen LogP contribution in [0.5, 0.6) is 0 Å². The zero-order valence-electron chi connectivity index (χ0n) is 9.20. The van der Waals surface area contributed by atoms with Crippen molar-refractivity contribution in [3.8, 4) is 0 Å². The third-order valence-corrected chi connectivity index (χ3v) is 3.43. The quantitative estimate of drug-likeness (QED) is 0.819. The van der Waals surface area contributed by atoms with Gasteiger partial charge >= 0.3 is 0 Å². The largest absolute Gasteiger partial charge is 0.326 e. The molecule has 0 aromatic carbocycles. The van der Waals surface area contributed by atoms with Crippen LogP contribution in [0.4, 0.5) is 0 Å². The van der Waals surface area contributed by atoms with Crippen LogP contribution >= 0.6 is 11.6 Å². The lowest BCUT2D eigenvalue weighted by Gasteiger charge is -2.14. The molecule has 0 spiro atoms. The van der Waals surface area contributed by atoms with Gasteiger partial charge in [-0.15, -0.1) is 0 Å². The Balaban J connectivity index is 2.10. The predicted molar refractivity (Wildman–Crippen MR) is 60.8 cm³/mol. The van der Waals surface area contributed by atoms with Gasteiger partial charge in [0.1, 0.15) is 5.15 Å². The molecule has 0 amide bonds. The first-order valence-corrected chi connectivity index (χ1v) is 5.61. The number of likely N-dealkylation sites (tertiary alicyclic amines) is 1. The monoisotopic (exact) mass is 228 g/mol. The lowest BCUT2D eigenvalue weighted by molar-refractivity contribution is 0.326. The van der Waals surface area contributed by atoms with E-state index in [2.05, 4.69) is 10.00 Å². The number of aryl methyl sites for hydroxylation is 2. The van der Waals surface area contributed by atoms with E-state index < -0.39 is 0 Å². The normalized spacial score (nSPS) is 22.5. The molecule has 4 nitrogen and oxygen atoms in total. The Morgan fingerprint density at radius 1 is 1.60 bits per heavy atom. The van der Waals surface area contributed by atoms with Crippen LogP contribution in [0, 0.1) is 6.92 Å². The number of rotatable bonds is 2. The Morgan fingerprint density at radius 3 is 2.80 bits per heavy atom. The van der Waals surface area contributed by atoms with Crippen LogP contribution in [-0.2, 0) is 13.6 Å². The minimum absolute atomic E-state index is 0.320. The standard InChI is InChI=1S/C10H17ClN4/c1-7-9(10(11)14(2)13-7)6-15-4-3-8(12)5-15/h8H,3-6,12H2,1-2H3/t8-/m0/s1. The molecular formula is C10H17ClN4. The molecule has 1 fully saturated rings. The minimum Gasteiger partial charge on any atom is -0.326 e. The molecule has 0 aliphatic carbocycles. The van der Waals surface area contributed by atoms with Crippen molar-refractivity contribution < 1.29 is 0 Å². The highest BCUT2D eigenvalue weighted by molar-refractivity contribution is 6.30. The third kappa shape index (κ3) is 2.17. The summed E-state index contributed by atoms with van der Waals surface area (Å²) in [4.78, 5) is 2.33. The van der Waals surface area contributed by atoms with Crippen molar-refractivity contribution in [3.63, 3.8) is 0 Å². The predicted octanol–water partition coefficient (Wildman–Crippen LogP) is 0.915. The van der Waals surface area contributed by atoms with Gasteiger partial charge in [-0.25, -0.2) is 0 Å². The SMILES string of the molecule is Cc1nn(C)c(Cl)c1CN1CC[C@H](N)C1. The van der Waals surface area contributed by atoms with Gasteiger partial charge in [-0.2, -0.15) is 5.10 Å². The lowest BCUT2D eigenvalue weighted by atomic mass is 10.2. The van der Waals surface area contributed by atoms with E-state index in [0.717, 1.165) is 42.5 Å². The zero-order chi connectivity index (χ0) is 11.0. The Bertz CT molecular complexity index is 361. The lowest BCUT2D eigenvalue weighted by Crippen LogP contribution is -2.26. The molecule has 1 aliphatic heterocycles. The van der Waals surface area contributed by atoms with Crippen molar-refractivity contribution in [2.24, 2.45) is 12.8 Å². The van der Waals surface area contributed by atoms with Crippen LogP contribution in [0.25, 0.3) is 0 Å². The molecule has 1 aromatic heterocycles. The van der Waals surface area contributed by atoms with E-state index in [1.54, 1.807) is 4.68 Å². The summed E-state index contributed by atoms with van der Waals surface area (Å²) in [5, 5.41) is 5.04. The fourth-order valence-corrected chi connectivity index (χ4v) is 2.32. The van der Waals surface area contributed by atoms with Gasteiger partial charge in [0.2, 0.25) is 0 Å². The van der Waals surface area contributed by atoms with E-state index >= 15 is 0 Å². The molecule has 0 saturated carbocycles. The highest BCUT2D eigenvalue weighted by Gasteiger charge is 2.21. The molecule has 2 N–H and O–H groups in total. The number of hydrogen-bond acceptors (Lipinski definition) is 3. The van der Waals surface area contributed by atoms with E-state index in [4.69, 9.17) is 17.3 Å². The van der Waals surface area contributed by atoms with Crippen LogP contribution < -0.4 is 5.73 Å². The maximum atomic E-state index is 6.17. The van der Waals surface area contributed by atoms with Crippen molar-refractivity contribution in [2.45, 2.75) is 25.9 Å². The van der Waals surface area contributed by atoms with Gasteiger partial charge in [-0.05, 0) is 13.3 Å². The number of nitrogens with two attached hydrogens (primary N) is 1. The molecule has 2 heterocycles. The van der Waals surface area contributed by atoms with Crippen molar-refractivity contribution >= 4 is 11.6 Å². The molecule has 1 atom stereocenters. The summed E-state index contributed by atoms with van der Waals surface area (Å²) in [7, 11) is 1.87. The first kappa shape index (κ1) is 10.9. The van der Waals surface area contributed by atoms with Gasteiger partial charge in [0.25, 0.3) is 0 Å². The summed E-state index contributed by atoms with van der Waals surface area (Å²) in [5.74, 6) is 0. The van der Waals surface area contributed by atoms with Crippen LogP contribution in [0.15, 0.2) is 0 Å². The Hall–Kier alpha value is -0.580. The summed E-state index contributed by atoms with van der Waals surface area (Å²) in [6.07, 6.45) is 1.08. The molecular weight excluding hydrogens is 212 g/mol. The second-order valence-corrected chi connectivity index (χ2v) is 4.62. The van der Waals surface area contributed by atoms with E-state index in [1.807, 2.05) is 14.0 Å². The van der Waals surface area contributed by atoms with Gasteiger partial charge in [-0.1, -0.05) is 11.6 Å². The average Bonchev–Trinajstić information content (AvgIpc) is 2.67. The molecule has 0 unspecified atom stereocenters. The molecule has 5 heteroatoms. The van der Waals surface area contributed by atoms with Crippen molar-refractivity contribution in [3.05, 3.63) is 16.4 Å². The number of nitrogens with zero attached hydrogens (tertiary/aromatic N) is 3. The van der Waals surface area contributed by atoms with Gasteiger partial charge in [-0.3, -0.25) is 9.58 Å². The molecule has 84 valence electrons. The molecule has 1 aromatic rings. The Labute approximate surface area is 95.0 Å². The molecule has 15 heavy (non-hydrogen) atoms. The summed E-state index contributed by atoms with van der Waals surface area (Å²) in [6, 6.07) is 0.320. The molecule has 2 rings (SSSR count). The van der Waals surface area contributed by atoms with Crippen molar-refractivity contribution in [2.75, 3.05) is 13.1 Å². The maximum Gasteiger partial charge on any atom is 0.131 e. The summed E-state index contributed by atoms with van der Waals surface area (Å²) < 4.78 is 1.72. The molecule has 1 saturated heterocycles. The van der Waals surface area contributed by atoms with E-state index in [-0.39, 0.29) is 0 Å². The molecule has 0 bridgehead atoms. The highest BCUT2D eigenvalue weighted by atomic mass is 35.5. The van der Waals surface area contributed by atoms with E-state index in [1.165, 1.54) is 0 Å². The van der Waals surface area contributed by atoms with Crippen LogP contribution in [0.3, 0.4) is 0 Å². The average molecular weight is 229 g/mol. The molecule has 0 radical (unpaired) electrons. The Kier molecular flexibility index (Phi) is 3.00. The fraction of sp³-hybridized carbons (Fsp3) is 0.700. The molecule has 1 aliphatic rings. The van der Waals surface area contributed by atoms with Gasteiger partial charge in [0.15, 0.2) is 0 Å².